The second-order valence-corrected chi connectivity index (χ2v) is 4.39. The van der Waals surface area contributed by atoms with Crippen LogP contribution < -0.4 is 4.74 Å². The van der Waals surface area contributed by atoms with Crippen molar-refractivity contribution in [3.63, 3.8) is 0 Å². The lowest BCUT2D eigenvalue weighted by atomic mass is 9.89. The highest BCUT2D eigenvalue weighted by Gasteiger charge is 2.48. The minimum atomic E-state index is -1.36. The first-order chi connectivity index (χ1) is 8.09. The SMILES string of the molecule is COc1ccccc1C1(CC(=O)C(=O)O)CC1. The number of ketones is 1. The number of carbonyl (C=O) groups excluding carboxylic acids is 1. The Kier molecular flexibility index (Phi) is 2.88. The van der Waals surface area contributed by atoms with Gasteiger partial charge in [-0.05, 0) is 18.9 Å². The molecule has 0 heterocycles. The third kappa shape index (κ3) is 2.16. The summed E-state index contributed by atoms with van der Waals surface area (Å²) < 4.78 is 5.25. The number of hydrogen-bond acceptors (Lipinski definition) is 3. The molecule has 1 N–H and O–H groups in total. The summed E-state index contributed by atoms with van der Waals surface area (Å²) in [6.07, 6.45) is 1.74. The molecule has 1 aliphatic carbocycles. The molecular formula is C13H14O4. The third-order valence-electron chi connectivity index (χ3n) is 3.27. The Morgan fingerprint density at radius 3 is 2.53 bits per heavy atom. The van der Waals surface area contributed by atoms with Gasteiger partial charge in [0.15, 0.2) is 0 Å². The summed E-state index contributed by atoms with van der Waals surface area (Å²) in [5.74, 6) is -1.36. The topological polar surface area (TPSA) is 63.6 Å². The highest BCUT2D eigenvalue weighted by atomic mass is 16.5. The van der Waals surface area contributed by atoms with Gasteiger partial charge in [0.25, 0.3) is 0 Å². The van der Waals surface area contributed by atoms with Crippen molar-refractivity contribution in [1.29, 1.82) is 0 Å². The van der Waals surface area contributed by atoms with Crippen LogP contribution >= 0.6 is 0 Å². The molecule has 4 heteroatoms. The number of para-hydroxylation sites is 1. The first kappa shape index (κ1) is 11.6. The molecule has 2 rings (SSSR count). The highest BCUT2D eigenvalue weighted by molar-refractivity contribution is 6.33. The molecule has 1 aliphatic rings. The molecule has 90 valence electrons. The van der Waals surface area contributed by atoms with E-state index in [4.69, 9.17) is 9.84 Å². The minimum Gasteiger partial charge on any atom is -0.496 e. The van der Waals surface area contributed by atoms with Crippen molar-refractivity contribution in [2.24, 2.45) is 0 Å². The normalized spacial score (nSPS) is 16.3. The average molecular weight is 234 g/mol. The predicted molar refractivity (Wildman–Crippen MR) is 61.2 cm³/mol. The molecule has 0 saturated heterocycles. The number of methoxy groups -OCH3 is 1. The number of carboxylic acids is 1. The monoisotopic (exact) mass is 234 g/mol. The zero-order chi connectivity index (χ0) is 12.5. The number of hydrogen-bond donors (Lipinski definition) is 1. The van der Waals surface area contributed by atoms with E-state index >= 15 is 0 Å². The van der Waals surface area contributed by atoms with Gasteiger partial charge in [-0.15, -0.1) is 0 Å². The van der Waals surface area contributed by atoms with E-state index < -0.39 is 11.8 Å². The summed E-state index contributed by atoms with van der Waals surface area (Å²) in [5, 5.41) is 8.67. The lowest BCUT2D eigenvalue weighted by molar-refractivity contribution is -0.149. The van der Waals surface area contributed by atoms with Gasteiger partial charge in [0.1, 0.15) is 5.75 Å². The van der Waals surface area contributed by atoms with Gasteiger partial charge >= 0.3 is 5.97 Å². The Balaban J connectivity index is 2.27. The van der Waals surface area contributed by atoms with Crippen molar-refractivity contribution in [2.75, 3.05) is 7.11 Å². The zero-order valence-corrected chi connectivity index (χ0v) is 9.60. The van der Waals surface area contributed by atoms with Gasteiger partial charge in [-0.2, -0.15) is 0 Å². The van der Waals surface area contributed by atoms with E-state index in [2.05, 4.69) is 0 Å². The molecule has 0 atom stereocenters. The van der Waals surface area contributed by atoms with Crippen molar-refractivity contribution in [1.82, 2.24) is 0 Å². The van der Waals surface area contributed by atoms with Crippen molar-refractivity contribution < 1.29 is 19.4 Å². The Morgan fingerprint density at radius 2 is 2.00 bits per heavy atom. The fourth-order valence-corrected chi connectivity index (χ4v) is 2.16. The summed E-state index contributed by atoms with van der Waals surface area (Å²) in [6, 6.07) is 7.47. The van der Waals surface area contributed by atoms with E-state index in [0.29, 0.717) is 0 Å². The lowest BCUT2D eigenvalue weighted by Gasteiger charge is -2.17. The van der Waals surface area contributed by atoms with Gasteiger partial charge in [0.2, 0.25) is 5.78 Å². The van der Waals surface area contributed by atoms with Crippen LogP contribution in [0.3, 0.4) is 0 Å². The number of Topliss-reactive ketones (excluding diaryl/α,β-unsaturated/α-hetero) is 1. The van der Waals surface area contributed by atoms with Crippen LogP contribution in [0.4, 0.5) is 0 Å². The van der Waals surface area contributed by atoms with Crippen molar-refractivity contribution in [3.05, 3.63) is 29.8 Å². The van der Waals surface area contributed by atoms with E-state index in [1.165, 1.54) is 0 Å². The second-order valence-electron chi connectivity index (χ2n) is 4.39. The van der Waals surface area contributed by atoms with Crippen LogP contribution in [0.1, 0.15) is 24.8 Å². The Hall–Kier alpha value is -1.84. The maximum absolute atomic E-state index is 11.3. The molecule has 0 aliphatic heterocycles. The minimum absolute atomic E-state index is 0.0582. The van der Waals surface area contributed by atoms with Crippen LogP contribution in [0.2, 0.25) is 0 Å². The summed E-state index contributed by atoms with van der Waals surface area (Å²) in [5.41, 5.74) is 0.624. The number of carboxylic acid groups (broad SMARTS) is 1. The molecule has 0 unspecified atom stereocenters. The van der Waals surface area contributed by atoms with Gasteiger partial charge in [-0.3, -0.25) is 4.79 Å². The first-order valence-corrected chi connectivity index (χ1v) is 5.49. The van der Waals surface area contributed by atoms with Gasteiger partial charge in [-0.1, -0.05) is 18.2 Å². The van der Waals surface area contributed by atoms with Crippen LogP contribution in [-0.2, 0) is 15.0 Å². The zero-order valence-electron chi connectivity index (χ0n) is 9.60. The summed E-state index contributed by atoms with van der Waals surface area (Å²) in [7, 11) is 1.58. The fourth-order valence-electron chi connectivity index (χ4n) is 2.16. The van der Waals surface area contributed by atoms with E-state index in [1.807, 2.05) is 24.3 Å². The van der Waals surface area contributed by atoms with Gasteiger partial charge in [0, 0.05) is 17.4 Å². The van der Waals surface area contributed by atoms with Gasteiger partial charge in [0.05, 0.1) is 7.11 Å². The molecule has 1 aromatic carbocycles. The Morgan fingerprint density at radius 1 is 1.35 bits per heavy atom. The fraction of sp³-hybridized carbons (Fsp3) is 0.385. The number of carbonyl (C=O) groups is 2. The molecular weight excluding hydrogens is 220 g/mol. The maximum Gasteiger partial charge on any atom is 0.372 e. The largest absolute Gasteiger partial charge is 0.496 e. The van der Waals surface area contributed by atoms with Crippen LogP contribution in [0.15, 0.2) is 24.3 Å². The number of rotatable bonds is 5. The van der Waals surface area contributed by atoms with Gasteiger partial charge in [-0.25, -0.2) is 4.79 Å². The molecule has 0 spiro atoms. The molecule has 0 aromatic heterocycles. The van der Waals surface area contributed by atoms with E-state index in [1.54, 1.807) is 7.11 Å². The van der Waals surface area contributed by atoms with Crippen molar-refractivity contribution in [2.45, 2.75) is 24.7 Å². The maximum atomic E-state index is 11.3. The number of benzene rings is 1. The third-order valence-corrected chi connectivity index (χ3v) is 3.27. The van der Waals surface area contributed by atoms with E-state index in [9.17, 15) is 9.59 Å². The molecule has 1 fully saturated rings. The molecule has 0 bridgehead atoms. The average Bonchev–Trinajstić information content (AvgIpc) is 3.09. The smallest absolute Gasteiger partial charge is 0.372 e. The van der Waals surface area contributed by atoms with Crippen LogP contribution in [0, 0.1) is 0 Å². The Labute approximate surface area is 99.2 Å². The van der Waals surface area contributed by atoms with Crippen LogP contribution in [0.5, 0.6) is 5.75 Å². The standard InChI is InChI=1S/C13H14O4/c1-17-11-5-3-2-4-9(11)13(6-7-13)8-10(14)12(15)16/h2-5H,6-8H2,1H3,(H,15,16). The van der Waals surface area contributed by atoms with Crippen LogP contribution in [-0.4, -0.2) is 24.0 Å². The summed E-state index contributed by atoms with van der Waals surface area (Å²) >= 11 is 0. The van der Waals surface area contributed by atoms with Gasteiger partial charge < -0.3 is 9.84 Å². The van der Waals surface area contributed by atoms with Crippen LogP contribution in [0.25, 0.3) is 0 Å². The van der Waals surface area contributed by atoms with E-state index in [0.717, 1.165) is 24.2 Å². The van der Waals surface area contributed by atoms with Crippen molar-refractivity contribution >= 4 is 11.8 Å². The van der Waals surface area contributed by atoms with E-state index in [-0.39, 0.29) is 11.8 Å². The second kappa shape index (κ2) is 4.20. The quantitative estimate of drug-likeness (QED) is 0.788. The summed E-state index contributed by atoms with van der Waals surface area (Å²) in [4.78, 5) is 21.9. The molecule has 0 radical (unpaired) electrons. The first-order valence-electron chi connectivity index (χ1n) is 5.49. The molecule has 0 amide bonds. The number of ether oxygens (including phenoxy) is 1. The highest BCUT2D eigenvalue weighted by Crippen LogP contribution is 2.53. The summed E-state index contributed by atoms with van der Waals surface area (Å²) in [6.45, 7) is 0. The number of aliphatic carboxylic acids is 1. The lowest BCUT2D eigenvalue weighted by Crippen LogP contribution is -2.20. The Bertz CT molecular complexity index is 460. The molecule has 1 aromatic rings. The molecule has 17 heavy (non-hydrogen) atoms. The predicted octanol–water partition coefficient (Wildman–Crippen LogP) is 1.77. The molecule has 1 saturated carbocycles. The molecule has 4 nitrogen and oxygen atoms in total. The van der Waals surface area contributed by atoms with Crippen molar-refractivity contribution in [3.8, 4) is 5.75 Å².